The Labute approximate surface area is 70.8 Å². The van der Waals surface area contributed by atoms with Crippen molar-refractivity contribution in [2.24, 2.45) is 0 Å². The van der Waals surface area contributed by atoms with Crippen molar-refractivity contribution >= 4 is 5.78 Å². The number of rotatable bonds is 1. The Morgan fingerprint density at radius 1 is 1.50 bits per heavy atom. The van der Waals surface area contributed by atoms with Gasteiger partial charge in [-0.05, 0) is 6.92 Å². The maximum Gasteiger partial charge on any atom is 0.198 e. The number of Topliss-reactive ketones (excluding diaryl/α,β-unsaturated/α-hetero) is 1. The number of carbonyl (C=O) groups is 1. The molecule has 1 saturated carbocycles. The van der Waals surface area contributed by atoms with Gasteiger partial charge in [0, 0.05) is 7.11 Å². The summed E-state index contributed by atoms with van der Waals surface area (Å²) in [4.78, 5) is 11.4. The van der Waals surface area contributed by atoms with Crippen molar-refractivity contribution in [1.82, 2.24) is 0 Å². The Balaban J connectivity index is 2.15. The number of methoxy groups -OCH3 is 1. The normalized spacial score (nSPS) is 46.7. The molecule has 3 atom stereocenters. The molecule has 0 aromatic rings. The van der Waals surface area contributed by atoms with Crippen LogP contribution >= 0.6 is 0 Å². The lowest BCUT2D eigenvalue weighted by molar-refractivity contribution is -0.255. The molecule has 68 valence electrons. The van der Waals surface area contributed by atoms with E-state index in [2.05, 4.69) is 0 Å². The van der Waals surface area contributed by atoms with Gasteiger partial charge in [-0.15, -0.1) is 0 Å². The van der Waals surface area contributed by atoms with E-state index in [0.29, 0.717) is 13.2 Å². The topological polar surface area (TPSA) is 44.8 Å². The van der Waals surface area contributed by atoms with Gasteiger partial charge >= 0.3 is 0 Å². The molecule has 1 aliphatic heterocycles. The number of carbonyl (C=O) groups excluding carboxylic acids is 1. The first kappa shape index (κ1) is 8.16. The van der Waals surface area contributed by atoms with Crippen molar-refractivity contribution in [3.05, 3.63) is 0 Å². The summed E-state index contributed by atoms with van der Waals surface area (Å²) in [6.45, 7) is 2.80. The lowest BCUT2D eigenvalue weighted by Crippen LogP contribution is -2.73. The predicted octanol–water partition coefficient (Wildman–Crippen LogP) is -0.242. The molecule has 12 heavy (non-hydrogen) atoms. The third-order valence-electron chi connectivity index (χ3n) is 2.67. The highest BCUT2D eigenvalue weighted by Crippen LogP contribution is 2.37. The van der Waals surface area contributed by atoms with Crippen LogP contribution in [-0.2, 0) is 19.0 Å². The van der Waals surface area contributed by atoms with Gasteiger partial charge in [-0.3, -0.25) is 4.79 Å². The number of hydrogen-bond donors (Lipinski definition) is 0. The van der Waals surface area contributed by atoms with E-state index in [1.54, 1.807) is 6.92 Å². The van der Waals surface area contributed by atoms with Gasteiger partial charge in [0.15, 0.2) is 11.4 Å². The van der Waals surface area contributed by atoms with E-state index in [9.17, 15) is 4.79 Å². The van der Waals surface area contributed by atoms with Crippen molar-refractivity contribution in [1.29, 1.82) is 0 Å². The summed E-state index contributed by atoms with van der Waals surface area (Å²) in [5, 5.41) is 0. The maximum atomic E-state index is 11.4. The van der Waals surface area contributed by atoms with Crippen molar-refractivity contribution in [3.63, 3.8) is 0 Å². The van der Waals surface area contributed by atoms with Gasteiger partial charge in [-0.2, -0.15) is 0 Å². The van der Waals surface area contributed by atoms with Gasteiger partial charge < -0.3 is 14.2 Å². The van der Waals surface area contributed by atoms with Crippen molar-refractivity contribution in [3.8, 4) is 0 Å². The molecule has 4 nitrogen and oxygen atoms in total. The predicted molar refractivity (Wildman–Crippen MR) is 39.9 cm³/mol. The summed E-state index contributed by atoms with van der Waals surface area (Å²) in [7, 11) is 1.52. The highest BCUT2D eigenvalue weighted by atomic mass is 16.6. The molecule has 0 unspecified atom stereocenters. The minimum Gasteiger partial charge on any atom is -0.369 e. The summed E-state index contributed by atoms with van der Waals surface area (Å²) in [6.07, 6.45) is -0.590. The van der Waals surface area contributed by atoms with E-state index in [1.165, 1.54) is 7.11 Å². The Kier molecular flexibility index (Phi) is 1.71. The van der Waals surface area contributed by atoms with Crippen molar-refractivity contribution in [2.45, 2.75) is 24.7 Å². The highest BCUT2D eigenvalue weighted by molar-refractivity contribution is 5.99. The molecule has 4 heteroatoms. The fraction of sp³-hybridized carbons (Fsp3) is 0.875. The van der Waals surface area contributed by atoms with E-state index >= 15 is 0 Å². The van der Waals surface area contributed by atoms with Crippen LogP contribution in [0.5, 0.6) is 0 Å². The maximum absolute atomic E-state index is 11.4. The first-order valence-corrected chi connectivity index (χ1v) is 4.03. The van der Waals surface area contributed by atoms with Gasteiger partial charge in [0.25, 0.3) is 0 Å². The lowest BCUT2D eigenvalue weighted by atomic mass is 9.73. The minimum atomic E-state index is -0.773. The second-order valence-electron chi connectivity index (χ2n) is 3.26. The summed E-state index contributed by atoms with van der Waals surface area (Å²) >= 11 is 0. The fourth-order valence-corrected chi connectivity index (χ4v) is 1.73. The molecule has 0 N–H and O–H groups in total. The van der Waals surface area contributed by atoms with Gasteiger partial charge in [0.05, 0.1) is 13.2 Å². The average Bonchev–Trinajstić information content (AvgIpc) is 2.16. The van der Waals surface area contributed by atoms with Crippen molar-refractivity contribution in [2.75, 3.05) is 20.3 Å². The largest absolute Gasteiger partial charge is 0.369 e. The van der Waals surface area contributed by atoms with E-state index < -0.39 is 5.60 Å². The Morgan fingerprint density at radius 3 is 2.83 bits per heavy atom. The van der Waals surface area contributed by atoms with Crippen LogP contribution in [0.3, 0.4) is 0 Å². The minimum absolute atomic E-state index is 0.00491. The molecule has 0 aromatic carbocycles. The molecule has 0 amide bonds. The van der Waals surface area contributed by atoms with Gasteiger partial charge in [0.1, 0.15) is 12.2 Å². The van der Waals surface area contributed by atoms with Crippen LogP contribution in [0.4, 0.5) is 0 Å². The molecule has 1 heterocycles. The third kappa shape index (κ3) is 0.800. The molecule has 0 spiro atoms. The third-order valence-corrected chi connectivity index (χ3v) is 2.67. The quantitative estimate of drug-likeness (QED) is 0.547. The second-order valence-corrected chi connectivity index (χ2v) is 3.26. The molecular weight excluding hydrogens is 160 g/mol. The number of ketones is 1. The molecule has 1 saturated heterocycles. The van der Waals surface area contributed by atoms with E-state index in [0.717, 1.165) is 0 Å². The van der Waals surface area contributed by atoms with E-state index in [1.807, 2.05) is 0 Å². The Morgan fingerprint density at radius 2 is 2.17 bits per heavy atom. The number of hydrogen-bond acceptors (Lipinski definition) is 4. The zero-order valence-electron chi connectivity index (χ0n) is 7.20. The van der Waals surface area contributed by atoms with Crippen LogP contribution in [0.1, 0.15) is 6.92 Å². The number of fused-ring (bicyclic) bond motifs is 1. The molecule has 2 aliphatic rings. The molecule has 2 rings (SSSR count). The molecule has 2 fully saturated rings. The lowest BCUT2D eigenvalue weighted by Gasteiger charge is -2.50. The standard InChI is InChI=1S/C8H12O4/c1-8(10-2)6(9)5-7(8)12-4-3-11-5/h5,7H,3-4H2,1-2H3/t5-,7+,8+/m0/s1. The zero-order valence-corrected chi connectivity index (χ0v) is 7.20. The van der Waals surface area contributed by atoms with Gasteiger partial charge in [0.2, 0.25) is 0 Å². The Bertz CT molecular complexity index is 215. The van der Waals surface area contributed by atoms with Crippen molar-refractivity contribution < 1.29 is 19.0 Å². The molecule has 1 aliphatic carbocycles. The number of ether oxygens (including phenoxy) is 3. The first-order chi connectivity index (χ1) is 5.70. The summed E-state index contributed by atoms with van der Waals surface area (Å²) in [6, 6.07) is 0. The van der Waals surface area contributed by atoms with Crippen LogP contribution in [-0.4, -0.2) is 43.9 Å². The van der Waals surface area contributed by atoms with Crippen LogP contribution < -0.4 is 0 Å². The SMILES string of the molecule is CO[C@]1(C)C(=O)[C@@H]2OCCO[C@H]21. The summed E-state index contributed by atoms with van der Waals surface area (Å²) < 4.78 is 15.7. The first-order valence-electron chi connectivity index (χ1n) is 4.03. The molecule has 0 bridgehead atoms. The molecule has 0 radical (unpaired) electrons. The van der Waals surface area contributed by atoms with Crippen LogP contribution in [0, 0.1) is 0 Å². The van der Waals surface area contributed by atoms with E-state index in [4.69, 9.17) is 14.2 Å². The summed E-state index contributed by atoms with van der Waals surface area (Å²) in [5.74, 6) is -0.00491. The molecule has 0 aromatic heterocycles. The highest BCUT2D eigenvalue weighted by Gasteiger charge is 2.62. The smallest absolute Gasteiger partial charge is 0.198 e. The monoisotopic (exact) mass is 172 g/mol. The average molecular weight is 172 g/mol. The summed E-state index contributed by atoms with van der Waals surface area (Å²) in [5.41, 5.74) is -0.773. The van der Waals surface area contributed by atoms with Crippen LogP contribution in [0.15, 0.2) is 0 Å². The van der Waals surface area contributed by atoms with Gasteiger partial charge in [-0.1, -0.05) is 0 Å². The molecular formula is C8H12O4. The fourth-order valence-electron chi connectivity index (χ4n) is 1.73. The van der Waals surface area contributed by atoms with Gasteiger partial charge in [-0.25, -0.2) is 0 Å². The van der Waals surface area contributed by atoms with Crippen LogP contribution in [0.2, 0.25) is 0 Å². The van der Waals surface area contributed by atoms with E-state index in [-0.39, 0.29) is 18.0 Å². The zero-order chi connectivity index (χ0) is 8.77. The second kappa shape index (κ2) is 2.52. The Hall–Kier alpha value is -0.450. The van der Waals surface area contributed by atoms with Crippen LogP contribution in [0.25, 0.3) is 0 Å².